The lowest BCUT2D eigenvalue weighted by Gasteiger charge is -2.28. The second-order valence-electron chi connectivity index (χ2n) is 19.9. The van der Waals surface area contributed by atoms with Crippen molar-refractivity contribution < 1.29 is 83.0 Å². The summed E-state index contributed by atoms with van der Waals surface area (Å²) in [5.74, 6) is -15.6. The third-order valence-electron chi connectivity index (χ3n) is 13.1. The van der Waals surface area contributed by atoms with Gasteiger partial charge in [-0.3, -0.25) is 48.1 Å². The standard InChI is InChI=1S/C53H85ClN14O17/c1-3-5-6-7-8-9-13-17-30(70)25-39(72)60-37-28-85-52(84)40(38(71)26-54)67-50(81)41(42(73)51(82)83)68-43(74)31(4-2)61-47(78)35(24-29-15-11-10-12-16-29)65-44(75)32(18-14-23-59-53(57)58)62-45(76)33(19-21-55)63-46(77)34(20-22-56)64-48(79)36(27-69)66-49(37)80/h4,10-12,15-16,30,32-38,40-42,69-71,73H,3,5-9,13-14,17-28,55-56H2,1-2H3,(H,60,72)(H,61,78)(H,62,76)(H,63,77)(H,64,79)(H,65,75)(H,66,80)(H,67,81)(H,68,74)(H,82,83)(H4,57,58,59)/b31-4-/t30-,32-,33-,34+,35-,36+,37-,38+,40-,41-,42+/m0/s1. The fraction of sp³-hybridized carbons (Fsp3) is 0.623. The number of cyclic esters (lactones) is 1. The van der Waals surface area contributed by atoms with E-state index in [9.17, 15) is 78.3 Å². The van der Waals surface area contributed by atoms with Gasteiger partial charge in [-0.2, -0.15) is 0 Å². The van der Waals surface area contributed by atoms with Gasteiger partial charge < -0.3 is 101 Å². The van der Waals surface area contributed by atoms with Crippen molar-refractivity contribution in [2.75, 3.05) is 38.7 Å². The summed E-state index contributed by atoms with van der Waals surface area (Å²) >= 11 is 5.88. The van der Waals surface area contributed by atoms with Crippen LogP contribution < -0.4 is 70.8 Å². The molecule has 0 radical (unpaired) electrons. The number of guanidine groups is 1. The van der Waals surface area contributed by atoms with E-state index in [1.807, 2.05) is 10.6 Å². The highest BCUT2D eigenvalue weighted by Crippen LogP contribution is 2.13. The number of nitrogens with zero attached hydrogens (tertiary/aromatic N) is 1. The maximum absolute atomic E-state index is 14.3. The summed E-state index contributed by atoms with van der Waals surface area (Å²) in [6.07, 6.45) is -0.182. The van der Waals surface area contributed by atoms with Crippen molar-refractivity contribution in [1.82, 2.24) is 47.9 Å². The molecule has 0 aromatic heterocycles. The monoisotopic (exact) mass is 1220 g/mol. The largest absolute Gasteiger partial charge is 0.479 e. The van der Waals surface area contributed by atoms with Crippen LogP contribution in [0.5, 0.6) is 0 Å². The molecule has 0 aliphatic carbocycles. The molecule has 1 fully saturated rings. The number of nitrogens with two attached hydrogens (primary N) is 4. The fourth-order valence-corrected chi connectivity index (χ4v) is 8.55. The molecular weight excluding hydrogens is 1140 g/mol. The molecule has 9 amide bonds. The molecule has 0 bridgehead atoms. The Bertz CT molecular complexity index is 2440. The molecule has 1 aromatic carbocycles. The first-order valence-electron chi connectivity index (χ1n) is 27.9. The Morgan fingerprint density at radius 1 is 0.706 bits per heavy atom. The van der Waals surface area contributed by atoms with Gasteiger partial charge in [-0.25, -0.2) is 9.59 Å². The molecule has 22 N–H and O–H groups in total. The summed E-state index contributed by atoms with van der Waals surface area (Å²) in [7, 11) is 0. The molecule has 1 aliphatic rings. The number of hydrogen-bond acceptors (Lipinski definition) is 19. The van der Waals surface area contributed by atoms with E-state index in [-0.39, 0.29) is 64.1 Å². The number of aliphatic hydroxyl groups excluding tert-OH is 4. The highest BCUT2D eigenvalue weighted by Gasteiger charge is 2.40. The van der Waals surface area contributed by atoms with Gasteiger partial charge in [-0.05, 0) is 57.7 Å². The fourth-order valence-electron chi connectivity index (χ4n) is 8.38. The van der Waals surface area contributed by atoms with E-state index >= 15 is 0 Å². The zero-order chi connectivity index (χ0) is 63.6. The van der Waals surface area contributed by atoms with E-state index in [1.165, 1.54) is 6.92 Å². The number of amides is 9. The molecule has 1 heterocycles. The second-order valence-corrected chi connectivity index (χ2v) is 20.2. The minimum Gasteiger partial charge on any atom is -0.479 e. The van der Waals surface area contributed by atoms with Crippen molar-refractivity contribution in [3.63, 3.8) is 0 Å². The molecule has 0 saturated carbocycles. The Labute approximate surface area is 496 Å². The van der Waals surface area contributed by atoms with Gasteiger partial charge in [0.15, 0.2) is 18.1 Å². The molecule has 32 heteroatoms. The smallest absolute Gasteiger partial charge is 0.335 e. The van der Waals surface area contributed by atoms with Crippen LogP contribution in [0, 0.1) is 0 Å². The molecule has 1 aliphatic heterocycles. The summed E-state index contributed by atoms with van der Waals surface area (Å²) in [5, 5.41) is 73.2. The number of hydrogen-bond donors (Lipinski definition) is 18. The van der Waals surface area contributed by atoms with E-state index in [2.05, 4.69) is 49.1 Å². The normalized spacial score (nSPS) is 23.7. The van der Waals surface area contributed by atoms with Crippen molar-refractivity contribution in [3.05, 3.63) is 47.7 Å². The zero-order valence-corrected chi connectivity index (χ0v) is 48.5. The van der Waals surface area contributed by atoms with Gasteiger partial charge in [-0.15, -0.1) is 11.6 Å². The molecule has 0 spiro atoms. The van der Waals surface area contributed by atoms with E-state index in [0.29, 0.717) is 12.0 Å². The number of carboxylic acid groups (broad SMARTS) is 1. The minimum absolute atomic E-state index is 0.0368. The first-order chi connectivity index (χ1) is 40.4. The Kier molecular flexibility index (Phi) is 34.5. The summed E-state index contributed by atoms with van der Waals surface area (Å²) in [5.41, 5.74) is 22.4. The summed E-state index contributed by atoms with van der Waals surface area (Å²) < 4.78 is 5.27. The van der Waals surface area contributed by atoms with Crippen LogP contribution in [0.4, 0.5) is 0 Å². The highest BCUT2D eigenvalue weighted by atomic mass is 35.5. The number of unbranched alkanes of at least 4 members (excludes halogenated alkanes) is 6. The van der Waals surface area contributed by atoms with Gasteiger partial charge in [0.1, 0.15) is 54.6 Å². The number of carboxylic acids is 1. The van der Waals surface area contributed by atoms with Gasteiger partial charge >= 0.3 is 11.9 Å². The Morgan fingerprint density at radius 2 is 1.25 bits per heavy atom. The summed E-state index contributed by atoms with van der Waals surface area (Å²) in [6, 6.07) is -6.93. The first kappa shape index (κ1) is 73.6. The Balaban J connectivity index is 2.81. The number of rotatable bonds is 26. The van der Waals surface area contributed by atoms with E-state index in [4.69, 9.17) is 39.3 Å². The number of aliphatic imine (C=N–C) groups is 1. The summed E-state index contributed by atoms with van der Waals surface area (Å²) in [4.78, 5) is 156. The number of allylic oxidation sites excluding steroid dienone is 1. The topological polar surface area (TPSA) is 523 Å². The van der Waals surface area contributed by atoms with Crippen molar-refractivity contribution in [2.45, 2.75) is 170 Å². The van der Waals surface area contributed by atoms with Crippen LogP contribution in [-0.2, 0) is 63.9 Å². The second kappa shape index (κ2) is 39.9. The number of carbonyl (C=O) groups excluding carboxylic acids is 10. The summed E-state index contributed by atoms with van der Waals surface area (Å²) in [6.45, 7) is 0.417. The van der Waals surface area contributed by atoms with Crippen molar-refractivity contribution >= 4 is 82.7 Å². The molecule has 1 aromatic rings. The lowest BCUT2D eigenvalue weighted by molar-refractivity contribution is -0.155. The molecule has 11 atom stereocenters. The lowest BCUT2D eigenvalue weighted by Crippen LogP contribution is -2.62. The number of nitrogens with one attached hydrogen (secondary N) is 9. The predicted octanol–water partition coefficient (Wildman–Crippen LogP) is -5.64. The predicted molar refractivity (Wildman–Crippen MR) is 306 cm³/mol. The van der Waals surface area contributed by atoms with Crippen molar-refractivity contribution in [1.29, 1.82) is 0 Å². The number of esters is 1. The number of aliphatic hydroxyl groups is 4. The van der Waals surface area contributed by atoms with Crippen LogP contribution in [0.15, 0.2) is 47.1 Å². The maximum Gasteiger partial charge on any atom is 0.335 e. The van der Waals surface area contributed by atoms with Crippen LogP contribution in [0.3, 0.4) is 0 Å². The van der Waals surface area contributed by atoms with Gasteiger partial charge in [0, 0.05) is 13.0 Å². The Hall–Kier alpha value is -7.55. The quantitative estimate of drug-likeness (QED) is 0.0103. The van der Waals surface area contributed by atoms with E-state index in [0.717, 1.165) is 44.6 Å². The maximum atomic E-state index is 14.3. The van der Waals surface area contributed by atoms with Gasteiger partial charge in [0.25, 0.3) is 5.91 Å². The zero-order valence-electron chi connectivity index (χ0n) is 47.7. The van der Waals surface area contributed by atoms with Gasteiger partial charge in [-0.1, -0.05) is 88.3 Å². The van der Waals surface area contributed by atoms with E-state index < -0.39 is 163 Å². The number of benzene rings is 1. The van der Waals surface area contributed by atoms with Gasteiger partial charge in [0.05, 0.1) is 31.1 Å². The molecule has 85 heavy (non-hydrogen) atoms. The highest BCUT2D eigenvalue weighted by molar-refractivity contribution is 6.18. The van der Waals surface area contributed by atoms with E-state index in [1.54, 1.807) is 30.3 Å². The third-order valence-corrected chi connectivity index (χ3v) is 13.4. The average Bonchev–Trinajstić information content (AvgIpc) is 3.67. The molecule has 2 rings (SSSR count). The molecule has 31 nitrogen and oxygen atoms in total. The number of ether oxygens (including phenoxy) is 1. The van der Waals surface area contributed by atoms with Crippen LogP contribution in [-0.4, -0.2) is 202 Å². The number of alkyl halides is 1. The molecule has 476 valence electrons. The number of halogens is 1. The Morgan fingerprint density at radius 3 is 1.78 bits per heavy atom. The minimum atomic E-state index is -2.81. The van der Waals surface area contributed by atoms with Crippen LogP contribution >= 0.6 is 11.6 Å². The molecule has 0 unspecified atom stereocenters. The van der Waals surface area contributed by atoms with Gasteiger partial charge in [0.2, 0.25) is 47.3 Å². The average molecular weight is 1230 g/mol. The lowest BCUT2D eigenvalue weighted by atomic mass is 10.0. The molecular formula is C53H85ClN14O17. The van der Waals surface area contributed by atoms with Crippen molar-refractivity contribution in [2.24, 2.45) is 27.9 Å². The van der Waals surface area contributed by atoms with Crippen LogP contribution in [0.2, 0.25) is 0 Å². The number of aliphatic carboxylic acids is 1. The van der Waals surface area contributed by atoms with Crippen LogP contribution in [0.25, 0.3) is 0 Å². The molecule has 1 saturated heterocycles. The third kappa shape index (κ3) is 26.9. The van der Waals surface area contributed by atoms with Crippen LogP contribution in [0.1, 0.15) is 103 Å². The van der Waals surface area contributed by atoms with Crippen molar-refractivity contribution in [3.8, 4) is 0 Å². The first-order valence-corrected chi connectivity index (χ1v) is 28.5. The SMILES string of the molecule is C/C=C1\NC(=O)[C@H](Cc2ccccc2)NC(=O)[C@H](CCCN=C(N)N)NC(=O)[C@H](CCN)NC(=O)[C@@H](CCN)NC(=O)[C@@H](CO)NC(=O)[C@@H](NC(=O)C[C@@H](O)CCCCCCCCC)COC(=O)[C@H]([C@H](O)CCl)NC(=O)[C@H]([C@@H](O)C(=O)O)NC1=O. The number of carbonyl (C=O) groups is 11.